The second-order valence-electron chi connectivity index (χ2n) is 3.45. The first-order valence-electron chi connectivity index (χ1n) is 4.79. The van der Waals surface area contributed by atoms with E-state index in [1.807, 2.05) is 0 Å². The van der Waals surface area contributed by atoms with Crippen molar-refractivity contribution in [2.24, 2.45) is 5.73 Å². The molecule has 0 radical (unpaired) electrons. The number of ether oxygens (including phenoxy) is 2. The molecule has 0 aliphatic carbocycles. The lowest BCUT2D eigenvalue weighted by Crippen LogP contribution is -2.27. The molecule has 2 N–H and O–H groups in total. The van der Waals surface area contributed by atoms with E-state index in [0.717, 1.165) is 32.6 Å². The zero-order valence-electron chi connectivity index (χ0n) is 8.53. The maximum absolute atomic E-state index is 5.45. The second-order valence-corrected chi connectivity index (χ2v) is 3.45. The molecular weight excluding hydrogens is 168 g/mol. The Morgan fingerprint density at radius 3 is 2.15 bits per heavy atom. The van der Waals surface area contributed by atoms with E-state index in [1.54, 1.807) is 14.2 Å². The summed E-state index contributed by atoms with van der Waals surface area (Å²) in [5, 5.41) is 0. The van der Waals surface area contributed by atoms with Gasteiger partial charge in [-0.2, -0.15) is 0 Å². The molecule has 0 unspecified atom stereocenters. The van der Waals surface area contributed by atoms with Crippen LogP contribution in [0.2, 0.25) is 0 Å². The standard InChI is InChI=1S/C9H20N2O2/c1-12-8-6-11(5-3-4-10)7-9(8)13-2/h8-9H,3-7,10H2,1-2H3/t8-,9-/m0/s1. The van der Waals surface area contributed by atoms with Crippen LogP contribution in [0.5, 0.6) is 0 Å². The van der Waals surface area contributed by atoms with Gasteiger partial charge in [0.15, 0.2) is 0 Å². The van der Waals surface area contributed by atoms with Crippen LogP contribution in [0, 0.1) is 0 Å². The molecule has 0 aromatic carbocycles. The number of rotatable bonds is 5. The summed E-state index contributed by atoms with van der Waals surface area (Å²) in [5.74, 6) is 0. The fourth-order valence-corrected chi connectivity index (χ4v) is 1.77. The van der Waals surface area contributed by atoms with Crippen LogP contribution in [-0.2, 0) is 9.47 Å². The largest absolute Gasteiger partial charge is 0.377 e. The molecule has 0 aromatic heterocycles. The predicted octanol–water partition coefficient (Wildman–Crippen LogP) is -0.319. The minimum Gasteiger partial charge on any atom is -0.377 e. The van der Waals surface area contributed by atoms with E-state index in [2.05, 4.69) is 4.90 Å². The summed E-state index contributed by atoms with van der Waals surface area (Å²) in [6, 6.07) is 0. The van der Waals surface area contributed by atoms with Crippen molar-refractivity contribution in [3.63, 3.8) is 0 Å². The van der Waals surface area contributed by atoms with Gasteiger partial charge in [-0.05, 0) is 19.5 Å². The Kier molecular flexibility index (Phi) is 4.66. The van der Waals surface area contributed by atoms with Crippen LogP contribution in [-0.4, -0.2) is 57.5 Å². The molecule has 0 spiro atoms. The van der Waals surface area contributed by atoms with Crippen molar-refractivity contribution < 1.29 is 9.47 Å². The molecule has 0 amide bonds. The first-order valence-corrected chi connectivity index (χ1v) is 4.79. The molecule has 0 aromatic rings. The van der Waals surface area contributed by atoms with Crippen LogP contribution >= 0.6 is 0 Å². The topological polar surface area (TPSA) is 47.7 Å². The van der Waals surface area contributed by atoms with Gasteiger partial charge in [0.05, 0.1) is 12.2 Å². The van der Waals surface area contributed by atoms with Crippen molar-refractivity contribution in [1.29, 1.82) is 0 Å². The number of likely N-dealkylation sites (tertiary alicyclic amines) is 1. The number of hydrogen-bond acceptors (Lipinski definition) is 4. The third-order valence-electron chi connectivity index (χ3n) is 2.57. The molecule has 0 saturated carbocycles. The molecule has 78 valence electrons. The van der Waals surface area contributed by atoms with E-state index in [1.165, 1.54) is 0 Å². The first-order chi connectivity index (χ1) is 6.31. The molecule has 1 heterocycles. The Balaban J connectivity index is 2.30. The molecule has 1 aliphatic rings. The van der Waals surface area contributed by atoms with Crippen LogP contribution in [0.3, 0.4) is 0 Å². The lowest BCUT2D eigenvalue weighted by atomic mass is 10.3. The first kappa shape index (κ1) is 10.9. The van der Waals surface area contributed by atoms with Crippen molar-refractivity contribution in [2.75, 3.05) is 40.4 Å². The van der Waals surface area contributed by atoms with Gasteiger partial charge in [-0.25, -0.2) is 0 Å². The molecule has 13 heavy (non-hydrogen) atoms. The van der Waals surface area contributed by atoms with Crippen molar-refractivity contribution in [1.82, 2.24) is 4.90 Å². The maximum Gasteiger partial charge on any atom is 0.0971 e. The lowest BCUT2D eigenvalue weighted by molar-refractivity contribution is -0.00461. The monoisotopic (exact) mass is 188 g/mol. The van der Waals surface area contributed by atoms with Gasteiger partial charge in [0.25, 0.3) is 0 Å². The van der Waals surface area contributed by atoms with Crippen LogP contribution in [0.25, 0.3) is 0 Å². The van der Waals surface area contributed by atoms with Gasteiger partial charge in [0, 0.05) is 27.3 Å². The third kappa shape index (κ3) is 2.91. The van der Waals surface area contributed by atoms with E-state index in [-0.39, 0.29) is 12.2 Å². The molecule has 2 atom stereocenters. The summed E-state index contributed by atoms with van der Waals surface area (Å²) in [4.78, 5) is 2.34. The number of methoxy groups -OCH3 is 2. The summed E-state index contributed by atoms with van der Waals surface area (Å²) in [7, 11) is 3.48. The average molecular weight is 188 g/mol. The Bertz CT molecular complexity index is 132. The molecule has 1 fully saturated rings. The highest BCUT2D eigenvalue weighted by molar-refractivity contribution is 4.85. The Morgan fingerprint density at radius 2 is 1.77 bits per heavy atom. The quantitative estimate of drug-likeness (QED) is 0.642. The number of hydrogen-bond donors (Lipinski definition) is 1. The molecule has 1 rings (SSSR count). The normalized spacial score (nSPS) is 29.8. The zero-order valence-corrected chi connectivity index (χ0v) is 8.53. The zero-order chi connectivity index (χ0) is 9.68. The van der Waals surface area contributed by atoms with Gasteiger partial charge in [-0.1, -0.05) is 0 Å². The smallest absolute Gasteiger partial charge is 0.0971 e. The van der Waals surface area contributed by atoms with E-state index in [9.17, 15) is 0 Å². The van der Waals surface area contributed by atoms with Crippen molar-refractivity contribution in [3.8, 4) is 0 Å². The number of nitrogens with two attached hydrogens (primary N) is 1. The highest BCUT2D eigenvalue weighted by Crippen LogP contribution is 2.15. The van der Waals surface area contributed by atoms with Crippen molar-refractivity contribution >= 4 is 0 Å². The highest BCUT2D eigenvalue weighted by atomic mass is 16.5. The molecule has 4 nitrogen and oxygen atoms in total. The van der Waals surface area contributed by atoms with Crippen LogP contribution in [0.1, 0.15) is 6.42 Å². The second kappa shape index (κ2) is 5.54. The van der Waals surface area contributed by atoms with E-state index >= 15 is 0 Å². The SMILES string of the molecule is CO[C@H]1CN(CCCN)C[C@@H]1OC. The van der Waals surface area contributed by atoms with Crippen LogP contribution < -0.4 is 5.73 Å². The van der Waals surface area contributed by atoms with Gasteiger partial charge in [-0.3, -0.25) is 4.90 Å². The van der Waals surface area contributed by atoms with Crippen LogP contribution in [0.15, 0.2) is 0 Å². The fourth-order valence-electron chi connectivity index (χ4n) is 1.77. The van der Waals surface area contributed by atoms with Crippen LogP contribution in [0.4, 0.5) is 0 Å². The Hall–Kier alpha value is -0.160. The van der Waals surface area contributed by atoms with Crippen molar-refractivity contribution in [2.45, 2.75) is 18.6 Å². The fraction of sp³-hybridized carbons (Fsp3) is 1.00. The van der Waals surface area contributed by atoms with E-state index in [0.29, 0.717) is 0 Å². The average Bonchev–Trinajstić information content (AvgIpc) is 2.57. The Labute approximate surface area is 80.0 Å². The van der Waals surface area contributed by atoms with Gasteiger partial charge in [0.2, 0.25) is 0 Å². The predicted molar refractivity (Wildman–Crippen MR) is 51.7 cm³/mol. The van der Waals surface area contributed by atoms with Gasteiger partial charge >= 0.3 is 0 Å². The summed E-state index contributed by atoms with van der Waals surface area (Å²) < 4.78 is 10.7. The maximum atomic E-state index is 5.45. The summed E-state index contributed by atoms with van der Waals surface area (Å²) in [6.45, 7) is 3.74. The Morgan fingerprint density at radius 1 is 1.23 bits per heavy atom. The van der Waals surface area contributed by atoms with Gasteiger partial charge in [0.1, 0.15) is 0 Å². The summed E-state index contributed by atoms with van der Waals surface area (Å²) in [5.41, 5.74) is 5.45. The third-order valence-corrected chi connectivity index (χ3v) is 2.57. The molecule has 1 aliphatic heterocycles. The molecule has 1 saturated heterocycles. The molecular formula is C9H20N2O2. The minimum atomic E-state index is 0.225. The summed E-state index contributed by atoms with van der Waals surface area (Å²) in [6.07, 6.45) is 1.50. The number of nitrogens with zero attached hydrogens (tertiary/aromatic N) is 1. The van der Waals surface area contributed by atoms with Crippen molar-refractivity contribution in [3.05, 3.63) is 0 Å². The van der Waals surface area contributed by atoms with E-state index < -0.39 is 0 Å². The van der Waals surface area contributed by atoms with Gasteiger partial charge < -0.3 is 15.2 Å². The molecule has 4 heteroatoms. The van der Waals surface area contributed by atoms with Gasteiger partial charge in [-0.15, -0.1) is 0 Å². The highest BCUT2D eigenvalue weighted by Gasteiger charge is 2.32. The molecule has 0 bridgehead atoms. The lowest BCUT2D eigenvalue weighted by Gasteiger charge is -2.13. The summed E-state index contributed by atoms with van der Waals surface area (Å²) >= 11 is 0. The minimum absolute atomic E-state index is 0.225. The van der Waals surface area contributed by atoms with E-state index in [4.69, 9.17) is 15.2 Å².